The van der Waals surface area contributed by atoms with Crippen molar-refractivity contribution in [2.75, 3.05) is 6.61 Å². The van der Waals surface area contributed by atoms with E-state index in [-0.39, 0.29) is 45.6 Å². The zero-order valence-electron chi connectivity index (χ0n) is 19.4. The highest BCUT2D eigenvalue weighted by Gasteiger charge is 2.35. The van der Waals surface area contributed by atoms with Gasteiger partial charge in [-0.15, -0.1) is 0 Å². The molecule has 0 saturated carbocycles. The first kappa shape index (κ1) is 26.2. The Balaban J connectivity index is 1.63. The van der Waals surface area contributed by atoms with Gasteiger partial charge in [0, 0.05) is 0 Å². The number of ether oxygens (including phenoxy) is 1. The third-order valence-corrected chi connectivity index (χ3v) is 8.26. The van der Waals surface area contributed by atoms with E-state index in [0.717, 1.165) is 22.9 Å². The summed E-state index contributed by atoms with van der Waals surface area (Å²) in [7, 11) is -4.08. The number of hydrogen-bond acceptors (Lipinski definition) is 7. The SMILES string of the molecule is CCOc1cc(/C=C2\SC(=O)N(Cc3ccccc3C)C2=O)cc(I)c1OS(=O)(=O)c1ccccc1. The van der Waals surface area contributed by atoms with Crippen LogP contribution in [0.4, 0.5) is 4.79 Å². The maximum absolute atomic E-state index is 13.0. The molecule has 1 aliphatic heterocycles. The maximum atomic E-state index is 13.0. The van der Waals surface area contributed by atoms with Gasteiger partial charge < -0.3 is 8.92 Å². The largest absolute Gasteiger partial charge is 0.490 e. The first-order valence-corrected chi connectivity index (χ1v) is 14.3. The first-order valence-electron chi connectivity index (χ1n) is 11.0. The summed E-state index contributed by atoms with van der Waals surface area (Å²) >= 11 is 2.83. The lowest BCUT2D eigenvalue weighted by molar-refractivity contribution is -0.123. The van der Waals surface area contributed by atoms with Crippen molar-refractivity contribution in [2.24, 2.45) is 0 Å². The van der Waals surface area contributed by atoms with Crippen LogP contribution in [0.15, 0.2) is 76.5 Å². The van der Waals surface area contributed by atoms with Gasteiger partial charge in [-0.25, -0.2) is 0 Å². The number of imide groups is 1. The number of nitrogens with zero attached hydrogens (tertiary/aromatic N) is 1. The molecule has 36 heavy (non-hydrogen) atoms. The first-order chi connectivity index (χ1) is 17.2. The molecule has 0 unspecified atom stereocenters. The molecule has 0 spiro atoms. The van der Waals surface area contributed by atoms with Gasteiger partial charge in [0.25, 0.3) is 11.1 Å². The minimum Gasteiger partial charge on any atom is -0.490 e. The molecule has 0 radical (unpaired) electrons. The van der Waals surface area contributed by atoms with Gasteiger partial charge in [-0.05, 0) is 95.2 Å². The number of amides is 2. The molecule has 1 saturated heterocycles. The number of benzene rings is 3. The molecule has 0 atom stereocenters. The number of rotatable bonds is 8. The van der Waals surface area contributed by atoms with E-state index in [1.54, 1.807) is 43.3 Å². The third-order valence-electron chi connectivity index (χ3n) is 5.32. The van der Waals surface area contributed by atoms with Gasteiger partial charge in [-0.1, -0.05) is 42.5 Å². The molecule has 7 nitrogen and oxygen atoms in total. The summed E-state index contributed by atoms with van der Waals surface area (Å²) in [6.07, 6.45) is 1.60. The minimum atomic E-state index is -4.08. The summed E-state index contributed by atoms with van der Waals surface area (Å²) in [5, 5.41) is -0.344. The average molecular weight is 636 g/mol. The van der Waals surface area contributed by atoms with Crippen molar-refractivity contribution in [3.05, 3.63) is 91.9 Å². The van der Waals surface area contributed by atoms with E-state index in [0.29, 0.717) is 9.13 Å². The Morgan fingerprint density at radius 1 is 1.03 bits per heavy atom. The van der Waals surface area contributed by atoms with E-state index in [1.807, 2.05) is 53.8 Å². The van der Waals surface area contributed by atoms with Crippen LogP contribution in [0.1, 0.15) is 23.6 Å². The lowest BCUT2D eigenvalue weighted by Crippen LogP contribution is -2.27. The molecule has 2 amide bonds. The molecule has 4 rings (SSSR count). The van der Waals surface area contributed by atoms with Crippen molar-refractivity contribution in [1.82, 2.24) is 4.90 Å². The summed E-state index contributed by atoms with van der Waals surface area (Å²) in [5.74, 6) is -0.103. The predicted molar refractivity (Wildman–Crippen MR) is 147 cm³/mol. The smallest absolute Gasteiger partial charge is 0.339 e. The Bertz CT molecular complexity index is 1450. The summed E-state index contributed by atoms with van der Waals surface area (Å²) in [6.45, 7) is 4.17. The lowest BCUT2D eigenvalue weighted by atomic mass is 10.1. The van der Waals surface area contributed by atoms with Crippen molar-refractivity contribution >= 4 is 61.7 Å². The summed E-state index contributed by atoms with van der Waals surface area (Å²) in [6, 6.07) is 18.7. The van der Waals surface area contributed by atoms with E-state index >= 15 is 0 Å². The van der Waals surface area contributed by atoms with Crippen molar-refractivity contribution in [3.8, 4) is 11.5 Å². The van der Waals surface area contributed by atoms with Crippen molar-refractivity contribution < 1.29 is 26.9 Å². The molecule has 3 aromatic carbocycles. The fourth-order valence-corrected chi connectivity index (χ4v) is 6.21. The molecule has 1 fully saturated rings. The minimum absolute atomic E-state index is 0.0228. The van der Waals surface area contributed by atoms with Gasteiger partial charge in [0.1, 0.15) is 4.90 Å². The van der Waals surface area contributed by atoms with Gasteiger partial charge in [0.15, 0.2) is 11.5 Å². The fraction of sp³-hybridized carbons (Fsp3) is 0.154. The molecular weight excluding hydrogens is 613 g/mol. The van der Waals surface area contributed by atoms with Gasteiger partial charge in [-0.2, -0.15) is 8.42 Å². The third kappa shape index (κ3) is 5.76. The molecule has 186 valence electrons. The topological polar surface area (TPSA) is 90.0 Å². The highest BCUT2D eigenvalue weighted by Crippen LogP contribution is 2.39. The van der Waals surface area contributed by atoms with Crippen LogP contribution in [0.2, 0.25) is 0 Å². The second-order valence-electron chi connectivity index (χ2n) is 7.81. The monoisotopic (exact) mass is 635 g/mol. The molecule has 3 aromatic rings. The van der Waals surface area contributed by atoms with Crippen molar-refractivity contribution in [1.29, 1.82) is 0 Å². The van der Waals surface area contributed by atoms with E-state index < -0.39 is 10.1 Å². The zero-order valence-corrected chi connectivity index (χ0v) is 23.2. The van der Waals surface area contributed by atoms with Gasteiger partial charge in [0.05, 0.1) is 21.6 Å². The molecule has 1 aliphatic rings. The molecule has 1 heterocycles. The average Bonchev–Trinajstić information content (AvgIpc) is 3.10. The Kier molecular flexibility index (Phi) is 8.06. The Hall–Kier alpha value is -2.83. The highest BCUT2D eigenvalue weighted by atomic mass is 127. The second kappa shape index (κ2) is 11.1. The molecule has 0 bridgehead atoms. The van der Waals surface area contributed by atoms with E-state index in [1.165, 1.54) is 17.0 Å². The van der Waals surface area contributed by atoms with Crippen LogP contribution < -0.4 is 8.92 Å². The Morgan fingerprint density at radius 3 is 2.42 bits per heavy atom. The zero-order chi connectivity index (χ0) is 25.9. The molecular formula is C26H22INO6S2. The van der Waals surface area contributed by atoms with Gasteiger partial charge in [0.2, 0.25) is 0 Å². The van der Waals surface area contributed by atoms with Crippen LogP contribution in [0.25, 0.3) is 6.08 Å². The predicted octanol–water partition coefficient (Wildman–Crippen LogP) is 6.00. The van der Waals surface area contributed by atoms with Gasteiger partial charge in [-0.3, -0.25) is 14.5 Å². The number of halogens is 1. The number of aryl methyl sites for hydroxylation is 1. The summed E-state index contributed by atoms with van der Waals surface area (Å²) < 4.78 is 37.2. The highest BCUT2D eigenvalue weighted by molar-refractivity contribution is 14.1. The molecule has 0 aliphatic carbocycles. The number of hydrogen-bond donors (Lipinski definition) is 0. The molecule has 0 N–H and O–H groups in total. The van der Waals surface area contributed by atoms with Crippen LogP contribution in [-0.4, -0.2) is 31.1 Å². The van der Waals surface area contributed by atoms with E-state index in [2.05, 4.69) is 0 Å². The number of carbonyl (C=O) groups is 2. The second-order valence-corrected chi connectivity index (χ2v) is 11.5. The van der Waals surface area contributed by atoms with Gasteiger partial charge >= 0.3 is 10.1 Å². The standard InChI is InChI=1S/C26H22INO6S2/c1-3-33-22-14-18(13-21(27)24(22)34-36(31,32)20-11-5-4-6-12-20)15-23-25(29)28(26(30)35-23)16-19-10-8-7-9-17(19)2/h4-15H,3,16H2,1-2H3/b23-15-. The Morgan fingerprint density at radius 2 is 1.72 bits per heavy atom. The van der Waals surface area contributed by atoms with E-state index in [4.69, 9.17) is 8.92 Å². The quantitative estimate of drug-likeness (QED) is 0.170. The van der Waals surface area contributed by atoms with E-state index in [9.17, 15) is 18.0 Å². The fourth-order valence-electron chi connectivity index (χ4n) is 3.51. The lowest BCUT2D eigenvalue weighted by Gasteiger charge is -2.15. The van der Waals surface area contributed by atoms with Crippen LogP contribution in [0.5, 0.6) is 11.5 Å². The van der Waals surface area contributed by atoms with Crippen LogP contribution in [-0.2, 0) is 21.5 Å². The van der Waals surface area contributed by atoms with Crippen molar-refractivity contribution in [3.63, 3.8) is 0 Å². The van der Waals surface area contributed by atoms with Crippen LogP contribution in [0, 0.1) is 10.5 Å². The van der Waals surface area contributed by atoms with Crippen LogP contribution >= 0.6 is 34.4 Å². The normalized spacial score (nSPS) is 15.0. The Labute approximate surface area is 227 Å². The summed E-state index contributed by atoms with van der Waals surface area (Å²) in [4.78, 5) is 27.1. The number of carbonyl (C=O) groups excluding carboxylic acids is 2. The molecule has 10 heteroatoms. The van der Waals surface area contributed by atoms with Crippen LogP contribution in [0.3, 0.4) is 0 Å². The maximum Gasteiger partial charge on any atom is 0.339 e. The summed E-state index contributed by atoms with van der Waals surface area (Å²) in [5.41, 5.74) is 2.47. The number of thioether (sulfide) groups is 1. The van der Waals surface area contributed by atoms with Crippen molar-refractivity contribution in [2.45, 2.75) is 25.3 Å². The molecule has 0 aromatic heterocycles.